The molecule has 0 radical (unpaired) electrons. The van der Waals surface area contributed by atoms with E-state index in [2.05, 4.69) is 10.3 Å². The number of nitriles is 1. The molecule has 2 aliphatic rings. The lowest BCUT2D eigenvalue weighted by molar-refractivity contribution is -0.140. The predicted octanol–water partition coefficient (Wildman–Crippen LogP) is 1.13. The lowest BCUT2D eigenvalue weighted by atomic mass is 9.87. The number of aromatic amines is 1. The third-order valence-corrected chi connectivity index (χ3v) is 4.94. The summed E-state index contributed by atoms with van der Waals surface area (Å²) < 4.78 is 19.2. The van der Waals surface area contributed by atoms with Gasteiger partial charge >= 0.3 is 0 Å². The second-order valence-electron chi connectivity index (χ2n) is 6.84. The van der Waals surface area contributed by atoms with Crippen LogP contribution in [0.5, 0.6) is 0 Å². The first kappa shape index (κ1) is 17.4. The van der Waals surface area contributed by atoms with Crippen molar-refractivity contribution in [1.29, 1.82) is 5.26 Å². The number of methoxy groups -OCH3 is 1. The highest BCUT2D eigenvalue weighted by molar-refractivity contribution is 5.93. The van der Waals surface area contributed by atoms with Gasteiger partial charge in [0, 0.05) is 26.4 Å². The number of H-pyrrole nitrogens is 1. The van der Waals surface area contributed by atoms with Gasteiger partial charge in [-0.2, -0.15) is 5.26 Å². The van der Waals surface area contributed by atoms with E-state index in [0.717, 1.165) is 0 Å². The molecule has 1 saturated carbocycles. The quantitative estimate of drug-likeness (QED) is 0.833. The van der Waals surface area contributed by atoms with Crippen molar-refractivity contribution < 1.29 is 18.7 Å². The van der Waals surface area contributed by atoms with Crippen molar-refractivity contribution in [2.45, 2.75) is 36.9 Å². The number of hydrogen-bond acceptors (Lipinski definition) is 4. The smallest absolute Gasteiger partial charge is 0.268 e. The number of carbonyl (C=O) groups excluding carboxylic acids is 2. The summed E-state index contributed by atoms with van der Waals surface area (Å²) in [6.07, 6.45) is 3.04. The van der Waals surface area contributed by atoms with E-state index >= 15 is 0 Å². The van der Waals surface area contributed by atoms with E-state index in [9.17, 15) is 14.0 Å². The first-order chi connectivity index (χ1) is 11.9. The average molecular weight is 348 g/mol. The predicted molar refractivity (Wildman–Crippen MR) is 86.5 cm³/mol. The van der Waals surface area contributed by atoms with Crippen LogP contribution in [0.1, 0.15) is 41.7 Å². The maximum Gasteiger partial charge on any atom is 0.268 e. The van der Waals surface area contributed by atoms with E-state index in [4.69, 9.17) is 10.00 Å². The minimum absolute atomic E-state index is 0.297. The molecule has 1 aliphatic heterocycles. The van der Waals surface area contributed by atoms with Gasteiger partial charge < -0.3 is 19.9 Å². The molecule has 1 saturated heterocycles. The number of halogens is 1. The fourth-order valence-electron chi connectivity index (χ4n) is 3.22. The minimum Gasteiger partial charge on any atom is -0.382 e. The van der Waals surface area contributed by atoms with E-state index in [1.807, 2.05) is 6.07 Å². The normalized spacial score (nSPS) is 20.6. The van der Waals surface area contributed by atoms with E-state index in [-0.39, 0.29) is 5.91 Å². The van der Waals surface area contributed by atoms with Crippen molar-refractivity contribution >= 4 is 11.8 Å². The summed E-state index contributed by atoms with van der Waals surface area (Å²) in [7, 11) is 1.55. The van der Waals surface area contributed by atoms with Gasteiger partial charge in [0.2, 0.25) is 0 Å². The molecule has 134 valence electrons. The van der Waals surface area contributed by atoms with Gasteiger partial charge in [0.05, 0.1) is 17.7 Å². The zero-order chi connectivity index (χ0) is 18.1. The number of hydrogen-bond donors (Lipinski definition) is 2. The summed E-state index contributed by atoms with van der Waals surface area (Å²) >= 11 is 0. The van der Waals surface area contributed by atoms with Crippen molar-refractivity contribution in [2.24, 2.45) is 0 Å². The van der Waals surface area contributed by atoms with Gasteiger partial charge in [0.25, 0.3) is 11.8 Å². The summed E-state index contributed by atoms with van der Waals surface area (Å²) in [4.78, 5) is 28.9. The average Bonchev–Trinajstić information content (AvgIpc) is 3.17. The number of piperidine rings is 1. The van der Waals surface area contributed by atoms with Gasteiger partial charge in [-0.15, -0.1) is 0 Å². The molecule has 0 aromatic carbocycles. The van der Waals surface area contributed by atoms with Crippen molar-refractivity contribution in [1.82, 2.24) is 15.2 Å². The van der Waals surface area contributed by atoms with Gasteiger partial charge in [-0.25, -0.2) is 4.39 Å². The number of nitrogens with one attached hydrogen (secondary N) is 2. The first-order valence-electron chi connectivity index (χ1n) is 8.30. The number of carbonyl (C=O) groups is 2. The zero-order valence-electron chi connectivity index (χ0n) is 14.1. The Morgan fingerprint density at radius 3 is 2.60 bits per heavy atom. The second kappa shape index (κ2) is 6.48. The van der Waals surface area contributed by atoms with Gasteiger partial charge in [-0.1, -0.05) is 0 Å². The van der Waals surface area contributed by atoms with E-state index < -0.39 is 17.1 Å². The van der Waals surface area contributed by atoms with E-state index in [1.54, 1.807) is 7.11 Å². The van der Waals surface area contributed by atoms with Crippen LogP contribution < -0.4 is 5.32 Å². The molecule has 2 fully saturated rings. The van der Waals surface area contributed by atoms with Crippen molar-refractivity contribution in [2.75, 3.05) is 26.8 Å². The Labute approximate surface area is 145 Å². The van der Waals surface area contributed by atoms with Crippen LogP contribution in [0.2, 0.25) is 0 Å². The molecular formula is C17H21FN4O3. The van der Waals surface area contributed by atoms with Crippen LogP contribution in [0.25, 0.3) is 0 Å². The lowest BCUT2D eigenvalue weighted by Crippen LogP contribution is -2.59. The Hall–Kier alpha value is -2.40. The van der Waals surface area contributed by atoms with Crippen LogP contribution in [0.3, 0.4) is 0 Å². The Kier molecular flexibility index (Phi) is 4.52. The number of aromatic nitrogens is 1. The number of alkyl halides is 1. The Morgan fingerprint density at radius 2 is 2.08 bits per heavy atom. The Balaban J connectivity index is 1.65. The number of rotatable bonds is 5. The Bertz CT molecular complexity index is 712. The van der Waals surface area contributed by atoms with Crippen LogP contribution >= 0.6 is 0 Å². The van der Waals surface area contributed by atoms with Crippen molar-refractivity contribution in [3.05, 3.63) is 23.5 Å². The fourth-order valence-corrected chi connectivity index (χ4v) is 3.22. The van der Waals surface area contributed by atoms with Gasteiger partial charge in [0.15, 0.2) is 5.67 Å². The van der Waals surface area contributed by atoms with Gasteiger partial charge in [-0.05, 0) is 31.7 Å². The minimum atomic E-state index is -1.66. The molecule has 0 unspecified atom stereocenters. The standard InChI is InChI=1S/C17H21FN4O3/c1-25-11-16(21-14(23)13-8-12(9-19)10-20-13)4-6-22(7-5-16)15(24)17(18)2-3-17/h8,10,20H,2-7,11H2,1H3,(H,21,23). The molecule has 1 aliphatic carbocycles. The van der Waals surface area contributed by atoms with E-state index in [1.165, 1.54) is 17.2 Å². The largest absolute Gasteiger partial charge is 0.382 e. The van der Waals surface area contributed by atoms with Gasteiger partial charge in [0.1, 0.15) is 11.8 Å². The highest BCUT2D eigenvalue weighted by atomic mass is 19.1. The molecular weight excluding hydrogens is 327 g/mol. The molecule has 1 aromatic rings. The summed E-state index contributed by atoms with van der Waals surface area (Å²) in [6.45, 7) is 1.05. The molecule has 2 heterocycles. The molecule has 25 heavy (non-hydrogen) atoms. The summed E-state index contributed by atoms with van der Waals surface area (Å²) in [5.41, 5.74) is -1.61. The highest BCUT2D eigenvalue weighted by Crippen LogP contribution is 2.42. The maximum absolute atomic E-state index is 14.0. The SMILES string of the molecule is COCC1(NC(=O)c2cc(C#N)c[nH]2)CCN(C(=O)C2(F)CC2)CC1. The number of nitrogens with zero attached hydrogens (tertiary/aromatic N) is 2. The van der Waals surface area contributed by atoms with Crippen molar-refractivity contribution in [3.8, 4) is 6.07 Å². The number of likely N-dealkylation sites (tertiary alicyclic amines) is 1. The highest BCUT2D eigenvalue weighted by Gasteiger charge is 2.53. The van der Waals surface area contributed by atoms with Crippen LogP contribution in [0.4, 0.5) is 4.39 Å². The fraction of sp³-hybridized carbons (Fsp3) is 0.588. The van der Waals surface area contributed by atoms with Crippen LogP contribution in [0, 0.1) is 11.3 Å². The third-order valence-electron chi connectivity index (χ3n) is 4.94. The first-order valence-corrected chi connectivity index (χ1v) is 8.30. The lowest BCUT2D eigenvalue weighted by Gasteiger charge is -2.42. The van der Waals surface area contributed by atoms with E-state index in [0.29, 0.717) is 56.6 Å². The molecule has 1 aromatic heterocycles. The topological polar surface area (TPSA) is 98.2 Å². The van der Waals surface area contributed by atoms with Gasteiger partial charge in [-0.3, -0.25) is 9.59 Å². The molecule has 2 amide bonds. The number of amides is 2. The monoisotopic (exact) mass is 348 g/mol. The Morgan fingerprint density at radius 1 is 1.40 bits per heavy atom. The molecule has 0 bridgehead atoms. The summed E-state index contributed by atoms with van der Waals surface area (Å²) in [5, 5.41) is 11.8. The number of ether oxygens (including phenoxy) is 1. The molecule has 7 nitrogen and oxygen atoms in total. The van der Waals surface area contributed by atoms with Crippen LogP contribution in [-0.2, 0) is 9.53 Å². The second-order valence-corrected chi connectivity index (χ2v) is 6.84. The maximum atomic E-state index is 14.0. The molecule has 8 heteroatoms. The molecule has 2 N–H and O–H groups in total. The summed E-state index contributed by atoms with van der Waals surface area (Å²) in [6, 6.07) is 3.44. The third kappa shape index (κ3) is 3.51. The molecule has 0 atom stereocenters. The zero-order valence-corrected chi connectivity index (χ0v) is 14.1. The molecule has 0 spiro atoms. The van der Waals surface area contributed by atoms with Crippen LogP contribution in [-0.4, -0.2) is 59.7 Å². The summed E-state index contributed by atoms with van der Waals surface area (Å²) in [5.74, 6) is -0.768. The van der Waals surface area contributed by atoms with Crippen molar-refractivity contribution in [3.63, 3.8) is 0 Å². The molecule has 3 rings (SSSR count). The van der Waals surface area contributed by atoms with Crippen LogP contribution in [0.15, 0.2) is 12.3 Å².